The number of H-pyrrole nitrogens is 1. The van der Waals surface area contributed by atoms with Gasteiger partial charge >= 0.3 is 0 Å². The summed E-state index contributed by atoms with van der Waals surface area (Å²) in [5.41, 5.74) is 8.72. The van der Waals surface area contributed by atoms with Crippen LogP contribution in [0.5, 0.6) is 0 Å². The van der Waals surface area contributed by atoms with Gasteiger partial charge in [-0.25, -0.2) is 4.98 Å². The summed E-state index contributed by atoms with van der Waals surface area (Å²) in [6.07, 6.45) is 3.08. The lowest BCUT2D eigenvalue weighted by Crippen LogP contribution is -2.31. The molecule has 0 aromatic carbocycles. The summed E-state index contributed by atoms with van der Waals surface area (Å²) >= 11 is 1.33. The number of primary amides is 1. The number of carbonyl (C=O) groups is 2. The summed E-state index contributed by atoms with van der Waals surface area (Å²) in [5, 5.41) is 6.71. The Bertz CT molecular complexity index is 692. The molecule has 8 heteroatoms. The predicted molar refractivity (Wildman–Crippen MR) is 77.0 cm³/mol. The normalized spacial score (nSPS) is 18.1. The number of hydrogen-bond donors (Lipinski definition) is 2. The van der Waals surface area contributed by atoms with E-state index in [-0.39, 0.29) is 11.9 Å². The van der Waals surface area contributed by atoms with Crippen LogP contribution in [0.3, 0.4) is 0 Å². The molecule has 3 rings (SSSR count). The third-order valence-electron chi connectivity index (χ3n) is 3.72. The van der Waals surface area contributed by atoms with Gasteiger partial charge in [0.1, 0.15) is 4.88 Å². The molecule has 0 saturated carbocycles. The molecule has 1 saturated heterocycles. The first-order valence-corrected chi connectivity index (χ1v) is 7.51. The van der Waals surface area contributed by atoms with E-state index in [1.165, 1.54) is 17.5 Å². The summed E-state index contributed by atoms with van der Waals surface area (Å²) < 4.78 is 0. The van der Waals surface area contributed by atoms with Crippen molar-refractivity contribution in [2.75, 3.05) is 6.54 Å². The van der Waals surface area contributed by atoms with Crippen LogP contribution in [0.1, 0.15) is 50.3 Å². The maximum atomic E-state index is 12.7. The van der Waals surface area contributed by atoms with Crippen LogP contribution in [-0.2, 0) is 0 Å². The third kappa shape index (κ3) is 2.31. The van der Waals surface area contributed by atoms with E-state index >= 15 is 0 Å². The number of likely N-dealkylation sites (tertiary alicyclic amines) is 1. The molecule has 0 bridgehead atoms. The van der Waals surface area contributed by atoms with E-state index in [2.05, 4.69) is 15.2 Å². The van der Waals surface area contributed by atoms with Gasteiger partial charge in [-0.15, -0.1) is 11.3 Å². The molecular formula is C13H15N5O2S. The van der Waals surface area contributed by atoms with Gasteiger partial charge in [0.15, 0.2) is 0 Å². The van der Waals surface area contributed by atoms with Gasteiger partial charge in [0.25, 0.3) is 11.8 Å². The van der Waals surface area contributed by atoms with E-state index in [4.69, 9.17) is 5.73 Å². The number of nitrogens with zero attached hydrogens (tertiary/aromatic N) is 3. The van der Waals surface area contributed by atoms with Crippen LogP contribution < -0.4 is 5.73 Å². The summed E-state index contributed by atoms with van der Waals surface area (Å²) in [6.45, 7) is 2.47. The third-order valence-corrected chi connectivity index (χ3v) is 4.64. The lowest BCUT2D eigenvalue weighted by molar-refractivity contribution is 0.0734. The molecule has 2 aromatic rings. The molecule has 1 atom stereocenters. The number of aryl methyl sites for hydroxylation is 1. The molecule has 1 fully saturated rings. The molecule has 2 amide bonds. The Morgan fingerprint density at radius 3 is 3.00 bits per heavy atom. The van der Waals surface area contributed by atoms with Gasteiger partial charge < -0.3 is 10.6 Å². The fraction of sp³-hybridized carbons (Fsp3) is 0.385. The summed E-state index contributed by atoms with van der Waals surface area (Å²) in [4.78, 5) is 30.6. The maximum absolute atomic E-state index is 12.7. The summed E-state index contributed by atoms with van der Waals surface area (Å²) in [7, 11) is 0. The van der Waals surface area contributed by atoms with E-state index in [9.17, 15) is 9.59 Å². The predicted octanol–water partition coefficient (Wildman–Crippen LogP) is 1.25. The lowest BCUT2D eigenvalue weighted by atomic mass is 10.1. The first-order chi connectivity index (χ1) is 10.1. The van der Waals surface area contributed by atoms with Gasteiger partial charge in [-0.1, -0.05) is 0 Å². The quantitative estimate of drug-likeness (QED) is 0.890. The lowest BCUT2D eigenvalue weighted by Gasteiger charge is -2.24. The van der Waals surface area contributed by atoms with Gasteiger partial charge in [-0.2, -0.15) is 5.10 Å². The zero-order chi connectivity index (χ0) is 15.0. The largest absolute Gasteiger partial charge is 0.365 e. The molecule has 2 aromatic heterocycles. The van der Waals surface area contributed by atoms with Gasteiger partial charge in [-0.05, 0) is 19.8 Å². The molecule has 3 heterocycles. The zero-order valence-corrected chi connectivity index (χ0v) is 12.3. The number of aromatic amines is 1. The van der Waals surface area contributed by atoms with Gasteiger partial charge in [0, 0.05) is 6.54 Å². The molecule has 110 valence electrons. The molecule has 3 N–H and O–H groups in total. The first kappa shape index (κ1) is 13.7. The minimum atomic E-state index is -0.535. The SMILES string of the molecule is Cc1ncsc1C(=O)N1CCCC1c1[nH]ncc1C(N)=O. The second-order valence-electron chi connectivity index (χ2n) is 4.99. The van der Waals surface area contributed by atoms with E-state index in [1.807, 2.05) is 6.92 Å². The molecule has 0 radical (unpaired) electrons. The van der Waals surface area contributed by atoms with Crippen LogP contribution >= 0.6 is 11.3 Å². The highest BCUT2D eigenvalue weighted by atomic mass is 32.1. The van der Waals surface area contributed by atoms with Gasteiger partial charge in [-0.3, -0.25) is 14.7 Å². The molecule has 1 unspecified atom stereocenters. The average Bonchev–Trinajstić information content (AvgIpc) is 3.17. The van der Waals surface area contributed by atoms with E-state index in [0.717, 1.165) is 18.5 Å². The minimum absolute atomic E-state index is 0.0532. The van der Waals surface area contributed by atoms with Crippen LogP contribution in [0.4, 0.5) is 0 Å². The molecular weight excluding hydrogens is 290 g/mol. The number of rotatable bonds is 3. The highest BCUT2D eigenvalue weighted by molar-refractivity contribution is 7.11. The fourth-order valence-corrected chi connectivity index (χ4v) is 3.45. The number of amides is 2. The Labute approximate surface area is 125 Å². The molecule has 0 spiro atoms. The van der Waals surface area contributed by atoms with Crippen LogP contribution in [-0.4, -0.2) is 38.4 Å². The van der Waals surface area contributed by atoms with E-state index in [0.29, 0.717) is 22.7 Å². The number of thiazole rings is 1. The summed E-state index contributed by atoms with van der Waals surface area (Å²) in [6, 6.07) is -0.191. The Morgan fingerprint density at radius 2 is 2.33 bits per heavy atom. The number of nitrogens with one attached hydrogen (secondary N) is 1. The van der Waals surface area contributed by atoms with Crippen molar-refractivity contribution in [1.82, 2.24) is 20.1 Å². The average molecular weight is 305 g/mol. The maximum Gasteiger partial charge on any atom is 0.266 e. The summed E-state index contributed by atoms with van der Waals surface area (Å²) in [5.74, 6) is -0.588. The number of carbonyl (C=O) groups excluding carboxylic acids is 2. The van der Waals surface area contributed by atoms with Gasteiger partial charge in [0.05, 0.1) is 34.7 Å². The van der Waals surface area contributed by atoms with Crippen molar-refractivity contribution in [3.63, 3.8) is 0 Å². The van der Waals surface area contributed by atoms with E-state index in [1.54, 1.807) is 10.4 Å². The fourth-order valence-electron chi connectivity index (χ4n) is 2.69. The monoisotopic (exact) mass is 305 g/mol. The molecule has 1 aliphatic heterocycles. The molecule has 21 heavy (non-hydrogen) atoms. The van der Waals surface area contributed by atoms with Crippen molar-refractivity contribution in [3.8, 4) is 0 Å². The number of hydrogen-bond acceptors (Lipinski definition) is 5. The van der Waals surface area contributed by atoms with Crippen molar-refractivity contribution in [2.24, 2.45) is 5.73 Å². The second kappa shape index (κ2) is 5.28. The van der Waals surface area contributed by atoms with Crippen molar-refractivity contribution in [3.05, 3.63) is 33.5 Å². The molecule has 7 nitrogen and oxygen atoms in total. The Balaban J connectivity index is 1.93. The smallest absolute Gasteiger partial charge is 0.266 e. The number of nitrogens with two attached hydrogens (primary N) is 1. The minimum Gasteiger partial charge on any atom is -0.365 e. The van der Waals surface area contributed by atoms with Crippen LogP contribution in [0.15, 0.2) is 11.7 Å². The standard InChI is InChI=1S/C13H15N5O2S/c1-7-11(21-6-15-7)13(20)18-4-2-3-9(18)10-8(12(14)19)5-16-17-10/h5-6,9H,2-4H2,1H3,(H2,14,19)(H,16,17). The molecule has 1 aliphatic rings. The van der Waals surface area contributed by atoms with Crippen molar-refractivity contribution in [2.45, 2.75) is 25.8 Å². The van der Waals surface area contributed by atoms with E-state index < -0.39 is 5.91 Å². The van der Waals surface area contributed by atoms with Crippen molar-refractivity contribution >= 4 is 23.2 Å². The zero-order valence-electron chi connectivity index (χ0n) is 11.5. The van der Waals surface area contributed by atoms with Crippen LogP contribution in [0.2, 0.25) is 0 Å². The highest BCUT2D eigenvalue weighted by Crippen LogP contribution is 2.34. The first-order valence-electron chi connectivity index (χ1n) is 6.63. The number of aromatic nitrogens is 3. The Morgan fingerprint density at radius 1 is 1.52 bits per heavy atom. The van der Waals surface area contributed by atoms with Gasteiger partial charge in [0.2, 0.25) is 0 Å². The van der Waals surface area contributed by atoms with Crippen LogP contribution in [0, 0.1) is 6.92 Å². The Hall–Kier alpha value is -2.22. The second-order valence-corrected chi connectivity index (χ2v) is 5.84. The topological polar surface area (TPSA) is 105 Å². The Kier molecular flexibility index (Phi) is 3.46. The van der Waals surface area contributed by atoms with Crippen molar-refractivity contribution < 1.29 is 9.59 Å². The van der Waals surface area contributed by atoms with Crippen molar-refractivity contribution in [1.29, 1.82) is 0 Å². The van der Waals surface area contributed by atoms with Crippen LogP contribution in [0.25, 0.3) is 0 Å². The molecule has 0 aliphatic carbocycles. The highest BCUT2D eigenvalue weighted by Gasteiger charge is 2.35.